The van der Waals surface area contributed by atoms with Gasteiger partial charge in [0.05, 0.1) is 6.61 Å². The minimum atomic E-state index is -0.542. The van der Waals surface area contributed by atoms with Crippen LogP contribution in [0.4, 0.5) is 0 Å². The third kappa shape index (κ3) is 5.06. The molecule has 1 unspecified atom stereocenters. The summed E-state index contributed by atoms with van der Waals surface area (Å²) >= 11 is 0. The summed E-state index contributed by atoms with van der Waals surface area (Å²) in [5.41, 5.74) is -0.0912. The van der Waals surface area contributed by atoms with Crippen molar-refractivity contribution in [2.45, 2.75) is 59.4 Å². The zero-order chi connectivity index (χ0) is 15.2. The van der Waals surface area contributed by atoms with Crippen LogP contribution in [0.1, 0.15) is 53.9 Å². The van der Waals surface area contributed by atoms with Crippen LogP contribution < -0.4 is 5.32 Å². The normalized spacial score (nSPS) is 21.6. The van der Waals surface area contributed by atoms with Crippen LogP contribution in [0, 0.1) is 5.41 Å². The molecule has 1 aliphatic rings. The summed E-state index contributed by atoms with van der Waals surface area (Å²) < 4.78 is 5.20. The molecule has 1 heterocycles. The Balaban J connectivity index is 2.41. The molecule has 4 nitrogen and oxygen atoms in total. The summed E-state index contributed by atoms with van der Waals surface area (Å²) in [7, 11) is 0. The summed E-state index contributed by atoms with van der Waals surface area (Å²) in [5, 5.41) is 3.29. The van der Waals surface area contributed by atoms with E-state index >= 15 is 0 Å². The third-order valence-electron chi connectivity index (χ3n) is 4.20. The maximum atomic E-state index is 12.1. The van der Waals surface area contributed by atoms with Crippen LogP contribution in [0.2, 0.25) is 0 Å². The second kappa shape index (κ2) is 7.41. The van der Waals surface area contributed by atoms with E-state index in [9.17, 15) is 4.79 Å². The van der Waals surface area contributed by atoms with E-state index in [1.54, 1.807) is 0 Å². The molecule has 0 aromatic rings. The number of likely N-dealkylation sites (N-methyl/N-ethyl adjacent to an activating group) is 1. The third-order valence-corrected chi connectivity index (χ3v) is 4.20. The van der Waals surface area contributed by atoms with Crippen LogP contribution in [0.15, 0.2) is 0 Å². The van der Waals surface area contributed by atoms with Crippen LogP contribution in [0.25, 0.3) is 0 Å². The first-order chi connectivity index (χ1) is 9.33. The van der Waals surface area contributed by atoms with Crippen LogP contribution in [-0.4, -0.2) is 49.2 Å². The Kier molecular flexibility index (Phi) is 6.46. The van der Waals surface area contributed by atoms with Crippen molar-refractivity contribution in [2.75, 3.05) is 32.8 Å². The highest BCUT2D eigenvalue weighted by Gasteiger charge is 2.34. The SMILES string of the molecule is CCNC(C)(CCCN1CCC(C)(C)C1)C(=O)OCC. The molecule has 0 aromatic heterocycles. The lowest BCUT2D eigenvalue weighted by atomic mass is 9.93. The van der Waals surface area contributed by atoms with Gasteiger partial charge in [-0.05, 0) is 58.2 Å². The zero-order valence-electron chi connectivity index (χ0n) is 13.9. The summed E-state index contributed by atoms with van der Waals surface area (Å²) in [5.74, 6) is -0.122. The molecule has 0 radical (unpaired) electrons. The average molecular weight is 284 g/mol. The van der Waals surface area contributed by atoms with Crippen molar-refractivity contribution in [3.63, 3.8) is 0 Å². The van der Waals surface area contributed by atoms with Crippen molar-refractivity contribution >= 4 is 5.97 Å². The van der Waals surface area contributed by atoms with Gasteiger partial charge < -0.3 is 15.0 Å². The Labute approximate surface area is 124 Å². The van der Waals surface area contributed by atoms with E-state index in [2.05, 4.69) is 24.1 Å². The van der Waals surface area contributed by atoms with Crippen LogP contribution in [-0.2, 0) is 9.53 Å². The largest absolute Gasteiger partial charge is 0.465 e. The second-order valence-corrected chi connectivity index (χ2v) is 6.88. The number of carbonyl (C=O) groups is 1. The van der Waals surface area contributed by atoms with Crippen LogP contribution in [0.5, 0.6) is 0 Å². The molecule has 0 saturated carbocycles. The molecule has 1 N–H and O–H groups in total. The van der Waals surface area contributed by atoms with E-state index in [0.29, 0.717) is 12.0 Å². The Bertz CT molecular complexity index is 318. The van der Waals surface area contributed by atoms with Gasteiger partial charge in [0.1, 0.15) is 5.54 Å². The van der Waals surface area contributed by atoms with E-state index < -0.39 is 5.54 Å². The summed E-state index contributed by atoms with van der Waals surface area (Å²) in [4.78, 5) is 14.6. The number of esters is 1. The van der Waals surface area contributed by atoms with Crippen molar-refractivity contribution in [1.29, 1.82) is 0 Å². The molecule has 0 aromatic carbocycles. The fourth-order valence-corrected chi connectivity index (χ4v) is 3.01. The quantitative estimate of drug-likeness (QED) is 0.695. The lowest BCUT2D eigenvalue weighted by molar-refractivity contribution is -0.150. The summed E-state index contributed by atoms with van der Waals surface area (Å²) in [6.07, 6.45) is 3.13. The number of likely N-dealkylation sites (tertiary alicyclic amines) is 1. The number of hydrogen-bond acceptors (Lipinski definition) is 4. The number of rotatable bonds is 8. The average Bonchev–Trinajstić information content (AvgIpc) is 2.69. The van der Waals surface area contributed by atoms with Gasteiger partial charge in [0.25, 0.3) is 0 Å². The van der Waals surface area contributed by atoms with Crippen LogP contribution in [0.3, 0.4) is 0 Å². The van der Waals surface area contributed by atoms with Gasteiger partial charge in [0.2, 0.25) is 0 Å². The highest BCUT2D eigenvalue weighted by molar-refractivity contribution is 5.80. The summed E-state index contributed by atoms with van der Waals surface area (Å²) in [6, 6.07) is 0. The van der Waals surface area contributed by atoms with Gasteiger partial charge in [-0.1, -0.05) is 20.8 Å². The standard InChI is InChI=1S/C16H32N2O2/c1-6-17-16(5,14(19)20-7-2)9-8-11-18-12-10-15(3,4)13-18/h17H,6-13H2,1-5H3. The van der Waals surface area contributed by atoms with Gasteiger partial charge in [0.15, 0.2) is 0 Å². The molecule has 1 saturated heterocycles. The molecule has 1 atom stereocenters. The molecule has 1 aliphatic heterocycles. The highest BCUT2D eigenvalue weighted by atomic mass is 16.5. The first-order valence-electron chi connectivity index (χ1n) is 7.97. The minimum Gasteiger partial charge on any atom is -0.465 e. The molecule has 0 bridgehead atoms. The molecule has 4 heteroatoms. The Morgan fingerprint density at radius 2 is 2.10 bits per heavy atom. The highest BCUT2D eigenvalue weighted by Crippen LogP contribution is 2.29. The Hall–Kier alpha value is -0.610. The smallest absolute Gasteiger partial charge is 0.326 e. The molecule has 0 amide bonds. The van der Waals surface area contributed by atoms with Crippen molar-refractivity contribution in [2.24, 2.45) is 5.41 Å². The predicted molar refractivity (Wildman–Crippen MR) is 82.8 cm³/mol. The number of ether oxygens (including phenoxy) is 1. The fourth-order valence-electron chi connectivity index (χ4n) is 3.01. The fraction of sp³-hybridized carbons (Fsp3) is 0.938. The number of hydrogen-bond donors (Lipinski definition) is 1. The van der Waals surface area contributed by atoms with Gasteiger partial charge in [-0.2, -0.15) is 0 Å². The maximum Gasteiger partial charge on any atom is 0.326 e. The van der Waals surface area contributed by atoms with Crippen molar-refractivity contribution in [3.05, 3.63) is 0 Å². The van der Waals surface area contributed by atoms with E-state index in [1.807, 2.05) is 20.8 Å². The van der Waals surface area contributed by atoms with Gasteiger partial charge >= 0.3 is 5.97 Å². The van der Waals surface area contributed by atoms with Crippen LogP contribution >= 0.6 is 0 Å². The van der Waals surface area contributed by atoms with E-state index in [1.165, 1.54) is 19.5 Å². The topological polar surface area (TPSA) is 41.6 Å². The lowest BCUT2D eigenvalue weighted by Crippen LogP contribution is -2.50. The number of nitrogens with one attached hydrogen (secondary N) is 1. The van der Waals surface area contributed by atoms with E-state index in [4.69, 9.17) is 4.74 Å². The van der Waals surface area contributed by atoms with Gasteiger partial charge in [0, 0.05) is 6.54 Å². The number of nitrogens with zero attached hydrogens (tertiary/aromatic N) is 1. The van der Waals surface area contributed by atoms with E-state index in [0.717, 1.165) is 25.9 Å². The minimum absolute atomic E-state index is 0.122. The molecular formula is C16H32N2O2. The van der Waals surface area contributed by atoms with Crippen molar-refractivity contribution in [1.82, 2.24) is 10.2 Å². The van der Waals surface area contributed by atoms with E-state index in [-0.39, 0.29) is 5.97 Å². The summed E-state index contributed by atoms with van der Waals surface area (Å²) in [6.45, 7) is 15.2. The molecule has 0 spiro atoms. The number of carbonyl (C=O) groups excluding carboxylic acids is 1. The maximum absolute atomic E-state index is 12.1. The lowest BCUT2D eigenvalue weighted by Gasteiger charge is -2.29. The molecular weight excluding hydrogens is 252 g/mol. The molecule has 1 rings (SSSR count). The van der Waals surface area contributed by atoms with Gasteiger partial charge in [-0.3, -0.25) is 4.79 Å². The predicted octanol–water partition coefficient (Wildman–Crippen LogP) is 2.43. The molecule has 1 fully saturated rings. The first-order valence-corrected chi connectivity index (χ1v) is 7.97. The second-order valence-electron chi connectivity index (χ2n) is 6.88. The van der Waals surface area contributed by atoms with Crippen molar-refractivity contribution < 1.29 is 9.53 Å². The monoisotopic (exact) mass is 284 g/mol. The zero-order valence-corrected chi connectivity index (χ0v) is 13.9. The first kappa shape index (κ1) is 17.4. The Morgan fingerprint density at radius 1 is 1.40 bits per heavy atom. The molecule has 118 valence electrons. The van der Waals surface area contributed by atoms with Gasteiger partial charge in [-0.25, -0.2) is 0 Å². The molecule has 0 aliphatic carbocycles. The van der Waals surface area contributed by atoms with Gasteiger partial charge in [-0.15, -0.1) is 0 Å². The Morgan fingerprint density at radius 3 is 2.60 bits per heavy atom. The molecule has 20 heavy (non-hydrogen) atoms. The van der Waals surface area contributed by atoms with Crippen molar-refractivity contribution in [3.8, 4) is 0 Å².